The maximum absolute atomic E-state index is 10.7. The van der Waals surface area contributed by atoms with Gasteiger partial charge >= 0.3 is 11.9 Å². The molecule has 2 rings (SSSR count). The number of carbonyl (C=O) groups is 2. The average Bonchev–Trinajstić information content (AvgIpc) is 2.87. The molecule has 194 valence electrons. The van der Waals surface area contributed by atoms with Crippen LogP contribution in [-0.2, 0) is 19.1 Å². The average molecular weight is 503 g/mol. The van der Waals surface area contributed by atoms with Crippen molar-refractivity contribution in [2.24, 2.45) is 0 Å². The first kappa shape index (κ1) is 28.2. The molecule has 0 saturated carbocycles. The van der Waals surface area contributed by atoms with E-state index in [0.717, 1.165) is 12.2 Å². The van der Waals surface area contributed by atoms with E-state index in [0.29, 0.717) is 73.8 Å². The third kappa shape index (κ3) is 10.5. The van der Waals surface area contributed by atoms with E-state index in [1.807, 2.05) is 0 Å². The van der Waals surface area contributed by atoms with E-state index in [1.54, 1.807) is 36.4 Å². The Kier molecular flexibility index (Phi) is 12.4. The van der Waals surface area contributed by atoms with Gasteiger partial charge in [0.15, 0.2) is 0 Å². The molecule has 10 heteroatoms. The molecule has 0 heterocycles. The van der Waals surface area contributed by atoms with E-state index in [4.69, 9.17) is 38.6 Å². The molecule has 0 aliphatic rings. The molecule has 0 aliphatic heterocycles. The van der Waals surface area contributed by atoms with Crippen molar-refractivity contribution in [1.29, 1.82) is 0 Å². The highest BCUT2D eigenvalue weighted by molar-refractivity contribution is 5.86. The number of benzene rings is 2. The molecule has 2 aromatic carbocycles. The van der Waals surface area contributed by atoms with Crippen molar-refractivity contribution in [3.05, 3.63) is 59.7 Å². The van der Waals surface area contributed by atoms with Crippen molar-refractivity contribution in [3.8, 4) is 23.0 Å². The molecule has 36 heavy (non-hydrogen) atoms. The monoisotopic (exact) mass is 502 g/mol. The van der Waals surface area contributed by atoms with Crippen LogP contribution in [0.1, 0.15) is 11.1 Å². The minimum Gasteiger partial charge on any atom is -0.496 e. The Hall–Kier alpha value is -4.02. The Balaban J connectivity index is 1.59. The number of carboxylic acid groups (broad SMARTS) is 2. The summed E-state index contributed by atoms with van der Waals surface area (Å²) >= 11 is 0. The van der Waals surface area contributed by atoms with E-state index >= 15 is 0 Å². The predicted molar refractivity (Wildman–Crippen MR) is 132 cm³/mol. The van der Waals surface area contributed by atoms with Crippen molar-refractivity contribution in [2.75, 3.05) is 53.9 Å². The van der Waals surface area contributed by atoms with Crippen LogP contribution in [0.2, 0.25) is 0 Å². The molecule has 10 nitrogen and oxygen atoms in total. The van der Waals surface area contributed by atoms with Gasteiger partial charge in [0.05, 0.1) is 40.6 Å². The quantitative estimate of drug-likeness (QED) is 0.245. The van der Waals surface area contributed by atoms with Gasteiger partial charge in [0.1, 0.15) is 36.2 Å². The molecule has 2 aromatic rings. The summed E-state index contributed by atoms with van der Waals surface area (Å²) in [6.07, 6.45) is 4.99. The van der Waals surface area contributed by atoms with Crippen LogP contribution in [0.25, 0.3) is 12.2 Å². The van der Waals surface area contributed by atoms with Gasteiger partial charge in [-0.05, 0) is 36.4 Å². The molecule has 2 N–H and O–H groups in total. The molecule has 0 saturated heterocycles. The standard InChI is InChI=1S/C26H30O10/c1-31-23-17-21(7-3-19(23)5-9-25(27)28)35-15-13-33-11-12-34-14-16-36-22-8-4-20(6-10-26(29)30)24(18-22)32-2/h3-10,17-18H,11-16H2,1-2H3,(H,27,28)(H,29,30). The molecular formula is C26H30O10. The molecule has 0 fully saturated rings. The number of aliphatic carboxylic acids is 2. The number of ether oxygens (including phenoxy) is 6. The summed E-state index contributed by atoms with van der Waals surface area (Å²) in [4.78, 5) is 21.3. The molecular weight excluding hydrogens is 472 g/mol. The maximum atomic E-state index is 10.7. The fourth-order valence-electron chi connectivity index (χ4n) is 2.92. The van der Waals surface area contributed by atoms with Gasteiger partial charge in [0.25, 0.3) is 0 Å². The zero-order chi connectivity index (χ0) is 26.2. The van der Waals surface area contributed by atoms with Gasteiger partial charge in [-0.3, -0.25) is 0 Å². The second kappa shape index (κ2) is 15.8. The van der Waals surface area contributed by atoms with Crippen LogP contribution < -0.4 is 18.9 Å². The molecule has 0 radical (unpaired) electrons. The van der Waals surface area contributed by atoms with Gasteiger partial charge in [-0.15, -0.1) is 0 Å². The van der Waals surface area contributed by atoms with Crippen molar-refractivity contribution in [3.63, 3.8) is 0 Å². The normalized spacial score (nSPS) is 11.1. The Morgan fingerprint density at radius 2 is 1.06 bits per heavy atom. The molecule has 0 atom stereocenters. The summed E-state index contributed by atoms with van der Waals surface area (Å²) in [6.45, 7) is 2.18. The summed E-state index contributed by atoms with van der Waals surface area (Å²) in [6, 6.07) is 10.2. The SMILES string of the molecule is COc1cc(OCCOCCOCCOc2ccc(C=CC(=O)O)c(OC)c2)ccc1C=CC(=O)O. The lowest BCUT2D eigenvalue weighted by molar-refractivity contribution is -0.132. The Bertz CT molecular complexity index is 962. The first-order valence-corrected chi connectivity index (χ1v) is 11.0. The van der Waals surface area contributed by atoms with Crippen molar-refractivity contribution >= 4 is 24.1 Å². The van der Waals surface area contributed by atoms with E-state index in [9.17, 15) is 9.59 Å². The summed E-state index contributed by atoms with van der Waals surface area (Å²) in [5.41, 5.74) is 1.27. The second-order valence-electron chi connectivity index (χ2n) is 7.07. The zero-order valence-electron chi connectivity index (χ0n) is 20.2. The van der Waals surface area contributed by atoms with Gasteiger partial charge < -0.3 is 38.6 Å². The van der Waals surface area contributed by atoms with Gasteiger partial charge in [-0.2, -0.15) is 0 Å². The van der Waals surface area contributed by atoms with Crippen LogP contribution >= 0.6 is 0 Å². The smallest absolute Gasteiger partial charge is 0.328 e. The fraction of sp³-hybridized carbons (Fsp3) is 0.308. The van der Waals surface area contributed by atoms with E-state index < -0.39 is 11.9 Å². The lowest BCUT2D eigenvalue weighted by Gasteiger charge is -2.11. The van der Waals surface area contributed by atoms with E-state index in [2.05, 4.69) is 0 Å². The third-order valence-corrected chi connectivity index (χ3v) is 4.59. The van der Waals surface area contributed by atoms with Gasteiger partial charge in [-0.1, -0.05) is 0 Å². The van der Waals surface area contributed by atoms with Gasteiger partial charge in [0.2, 0.25) is 0 Å². The first-order valence-electron chi connectivity index (χ1n) is 11.0. The van der Waals surface area contributed by atoms with E-state index in [-0.39, 0.29) is 0 Å². The second-order valence-corrected chi connectivity index (χ2v) is 7.07. The van der Waals surface area contributed by atoms with Crippen LogP contribution in [-0.4, -0.2) is 76.0 Å². The van der Waals surface area contributed by atoms with Gasteiger partial charge in [0, 0.05) is 35.4 Å². The number of carboxylic acids is 2. The molecule has 0 unspecified atom stereocenters. The van der Waals surface area contributed by atoms with Crippen molar-refractivity contribution in [2.45, 2.75) is 0 Å². The lowest BCUT2D eigenvalue weighted by atomic mass is 10.2. The van der Waals surface area contributed by atoms with Crippen LogP contribution in [0.3, 0.4) is 0 Å². The third-order valence-electron chi connectivity index (χ3n) is 4.59. The first-order chi connectivity index (χ1) is 17.4. The highest BCUT2D eigenvalue weighted by Gasteiger charge is 2.05. The highest BCUT2D eigenvalue weighted by Crippen LogP contribution is 2.26. The topological polar surface area (TPSA) is 130 Å². The Labute approximate surface area is 209 Å². The zero-order valence-corrected chi connectivity index (χ0v) is 20.2. The van der Waals surface area contributed by atoms with Crippen LogP contribution in [0, 0.1) is 0 Å². The maximum Gasteiger partial charge on any atom is 0.328 e. The summed E-state index contributed by atoms with van der Waals surface area (Å²) in [5, 5.41) is 17.5. The number of rotatable bonds is 17. The molecule has 0 aliphatic carbocycles. The fourth-order valence-corrected chi connectivity index (χ4v) is 2.92. The summed E-state index contributed by atoms with van der Waals surface area (Å²) in [5.74, 6) is 0.103. The summed E-state index contributed by atoms with van der Waals surface area (Å²) in [7, 11) is 3.00. The molecule has 0 aromatic heterocycles. The Morgan fingerprint density at radius 1 is 0.667 bits per heavy atom. The largest absolute Gasteiger partial charge is 0.496 e. The van der Waals surface area contributed by atoms with Crippen LogP contribution in [0.5, 0.6) is 23.0 Å². The van der Waals surface area contributed by atoms with Gasteiger partial charge in [-0.25, -0.2) is 9.59 Å². The van der Waals surface area contributed by atoms with E-state index in [1.165, 1.54) is 26.4 Å². The highest BCUT2D eigenvalue weighted by atomic mass is 16.6. The minimum absolute atomic E-state index is 0.329. The van der Waals surface area contributed by atoms with Crippen molar-refractivity contribution in [1.82, 2.24) is 0 Å². The predicted octanol–water partition coefficient (Wildman–Crippen LogP) is 3.39. The lowest BCUT2D eigenvalue weighted by Crippen LogP contribution is -2.13. The number of methoxy groups -OCH3 is 2. The van der Waals surface area contributed by atoms with Crippen LogP contribution in [0.15, 0.2) is 48.6 Å². The Morgan fingerprint density at radius 3 is 1.42 bits per heavy atom. The van der Waals surface area contributed by atoms with Crippen molar-refractivity contribution < 1.29 is 48.2 Å². The molecule has 0 bridgehead atoms. The number of hydrogen-bond donors (Lipinski definition) is 2. The summed E-state index contributed by atoms with van der Waals surface area (Å²) < 4.78 is 32.8. The minimum atomic E-state index is -1.04. The molecule has 0 amide bonds. The van der Waals surface area contributed by atoms with Crippen LogP contribution in [0.4, 0.5) is 0 Å². The molecule has 0 spiro atoms. The number of hydrogen-bond acceptors (Lipinski definition) is 8.